The molecule has 27 heavy (non-hydrogen) atoms. The maximum absolute atomic E-state index is 12.9. The molecule has 0 fully saturated rings. The molecule has 140 valence electrons. The number of sulfonamides is 1. The van der Waals surface area contributed by atoms with E-state index >= 15 is 0 Å². The van der Waals surface area contributed by atoms with Gasteiger partial charge in [0, 0.05) is 40.8 Å². The zero-order valence-corrected chi connectivity index (χ0v) is 16.6. The summed E-state index contributed by atoms with van der Waals surface area (Å²) in [5.41, 5.74) is 4.40. The van der Waals surface area contributed by atoms with Crippen LogP contribution in [0, 0.1) is 0 Å². The molecule has 2 heterocycles. The smallest absolute Gasteiger partial charge is 0.243 e. The quantitative estimate of drug-likeness (QED) is 0.679. The number of aromatic amines is 1. The number of benzene rings is 2. The Balaban J connectivity index is 1.59. The predicted octanol–water partition coefficient (Wildman–Crippen LogP) is 4.86. The van der Waals surface area contributed by atoms with Gasteiger partial charge in [-0.05, 0) is 54.3 Å². The van der Waals surface area contributed by atoms with E-state index in [1.165, 1.54) is 0 Å². The summed E-state index contributed by atoms with van der Waals surface area (Å²) in [5.74, 6) is 0. The summed E-state index contributed by atoms with van der Waals surface area (Å²) < 4.78 is 27.4. The molecule has 1 aromatic heterocycles. The van der Waals surface area contributed by atoms with Crippen molar-refractivity contribution in [3.8, 4) is 0 Å². The lowest BCUT2D eigenvalue weighted by atomic mass is 10.00. The van der Waals surface area contributed by atoms with Crippen molar-refractivity contribution in [3.05, 3.63) is 70.9 Å². The third kappa shape index (κ3) is 3.43. The van der Waals surface area contributed by atoms with Crippen LogP contribution >= 0.6 is 11.6 Å². The number of H-pyrrole nitrogens is 1. The molecular weight excluding hydrogens is 380 g/mol. The fourth-order valence-corrected chi connectivity index (χ4v) is 5.07. The highest BCUT2D eigenvalue weighted by molar-refractivity contribution is 7.89. The lowest BCUT2D eigenvalue weighted by Crippen LogP contribution is -2.34. The first-order valence-corrected chi connectivity index (χ1v) is 10.9. The van der Waals surface area contributed by atoms with Gasteiger partial charge in [0.05, 0.1) is 4.90 Å². The van der Waals surface area contributed by atoms with Gasteiger partial charge in [0.2, 0.25) is 10.0 Å². The summed E-state index contributed by atoms with van der Waals surface area (Å²) in [4.78, 5) is 3.62. The van der Waals surface area contributed by atoms with Crippen molar-refractivity contribution in [1.29, 1.82) is 0 Å². The van der Waals surface area contributed by atoms with E-state index in [1.807, 2.05) is 42.6 Å². The molecule has 6 heteroatoms. The minimum Gasteiger partial charge on any atom is -0.361 e. The standard InChI is InChI=1S/C21H21ClN2O2S/c1-2-15-3-6-18(7-4-15)27(25,26)24-11-9-16(10-12-24)20-14-23-21-8-5-17(22)13-19(20)21/h3-9,13-14,23H,2,10-12H2,1H3. The van der Waals surface area contributed by atoms with Gasteiger partial charge in [0.1, 0.15) is 0 Å². The van der Waals surface area contributed by atoms with Crippen LogP contribution in [0.5, 0.6) is 0 Å². The zero-order valence-electron chi connectivity index (χ0n) is 15.1. The number of nitrogens with one attached hydrogen (secondary N) is 1. The highest BCUT2D eigenvalue weighted by Gasteiger charge is 2.26. The molecule has 1 N–H and O–H groups in total. The molecule has 1 aliphatic heterocycles. The summed E-state index contributed by atoms with van der Waals surface area (Å²) in [6.07, 6.45) is 5.54. The van der Waals surface area contributed by atoms with Crippen molar-refractivity contribution < 1.29 is 8.42 Å². The Morgan fingerprint density at radius 1 is 1.15 bits per heavy atom. The van der Waals surface area contributed by atoms with E-state index in [0.717, 1.165) is 34.0 Å². The maximum atomic E-state index is 12.9. The fraction of sp³-hybridized carbons (Fsp3) is 0.238. The van der Waals surface area contributed by atoms with Gasteiger partial charge >= 0.3 is 0 Å². The van der Waals surface area contributed by atoms with E-state index < -0.39 is 10.0 Å². The van der Waals surface area contributed by atoms with E-state index in [2.05, 4.69) is 11.9 Å². The molecule has 0 saturated carbocycles. The SMILES string of the molecule is CCc1ccc(S(=O)(=O)N2CC=C(c3c[nH]c4ccc(Cl)cc34)CC2)cc1. The molecule has 0 spiro atoms. The van der Waals surface area contributed by atoms with Crippen molar-refractivity contribution in [2.24, 2.45) is 0 Å². The Hall–Kier alpha value is -2.08. The second kappa shape index (κ2) is 7.15. The van der Waals surface area contributed by atoms with Gasteiger partial charge in [-0.15, -0.1) is 0 Å². The summed E-state index contributed by atoms with van der Waals surface area (Å²) in [6.45, 7) is 2.90. The summed E-state index contributed by atoms with van der Waals surface area (Å²) in [7, 11) is -3.47. The van der Waals surface area contributed by atoms with Gasteiger partial charge in [-0.1, -0.05) is 36.7 Å². The fourth-order valence-electron chi connectivity index (χ4n) is 3.52. The molecule has 0 saturated heterocycles. The second-order valence-electron chi connectivity index (χ2n) is 6.73. The molecule has 0 amide bonds. The number of hydrogen-bond acceptors (Lipinski definition) is 2. The van der Waals surface area contributed by atoms with Crippen molar-refractivity contribution >= 4 is 38.1 Å². The van der Waals surface area contributed by atoms with Crippen LogP contribution in [0.25, 0.3) is 16.5 Å². The van der Waals surface area contributed by atoms with Gasteiger partial charge in [0.25, 0.3) is 0 Å². The predicted molar refractivity (Wildman–Crippen MR) is 110 cm³/mol. The Labute approximate surface area is 164 Å². The summed E-state index contributed by atoms with van der Waals surface area (Å²) >= 11 is 6.14. The number of aryl methyl sites for hydroxylation is 1. The van der Waals surface area contributed by atoms with Crippen LogP contribution in [0.1, 0.15) is 24.5 Å². The van der Waals surface area contributed by atoms with Crippen LogP contribution < -0.4 is 0 Å². The van der Waals surface area contributed by atoms with Crippen molar-refractivity contribution in [1.82, 2.24) is 9.29 Å². The van der Waals surface area contributed by atoms with Crippen LogP contribution in [-0.4, -0.2) is 30.8 Å². The van der Waals surface area contributed by atoms with E-state index in [9.17, 15) is 8.42 Å². The number of rotatable bonds is 4. The highest BCUT2D eigenvalue weighted by Crippen LogP contribution is 2.32. The average Bonchev–Trinajstić information content (AvgIpc) is 3.11. The van der Waals surface area contributed by atoms with Gasteiger partial charge in [0.15, 0.2) is 0 Å². The lowest BCUT2D eigenvalue weighted by molar-refractivity contribution is 0.441. The van der Waals surface area contributed by atoms with Gasteiger partial charge in [-0.2, -0.15) is 4.31 Å². The van der Waals surface area contributed by atoms with Gasteiger partial charge in [-0.25, -0.2) is 8.42 Å². The van der Waals surface area contributed by atoms with Crippen molar-refractivity contribution in [3.63, 3.8) is 0 Å². The molecule has 3 aromatic rings. The van der Waals surface area contributed by atoms with Crippen LogP contribution in [0.3, 0.4) is 0 Å². The Bertz CT molecular complexity index is 1110. The Morgan fingerprint density at radius 2 is 1.93 bits per heavy atom. The van der Waals surface area contributed by atoms with Crippen molar-refractivity contribution in [2.45, 2.75) is 24.7 Å². The second-order valence-corrected chi connectivity index (χ2v) is 9.11. The summed E-state index contributed by atoms with van der Waals surface area (Å²) in [5, 5.41) is 1.76. The number of aromatic nitrogens is 1. The van der Waals surface area contributed by atoms with E-state index in [1.54, 1.807) is 16.4 Å². The first-order valence-electron chi connectivity index (χ1n) is 9.04. The van der Waals surface area contributed by atoms with E-state index in [4.69, 9.17) is 11.6 Å². The molecule has 1 aliphatic rings. The minimum atomic E-state index is -3.47. The Kier molecular flexibility index (Phi) is 4.84. The molecule has 0 aliphatic carbocycles. The highest BCUT2D eigenvalue weighted by atomic mass is 35.5. The molecule has 0 radical (unpaired) electrons. The molecule has 0 bridgehead atoms. The first-order chi connectivity index (χ1) is 13.0. The largest absolute Gasteiger partial charge is 0.361 e. The van der Waals surface area contributed by atoms with Crippen LogP contribution in [0.15, 0.2) is 59.6 Å². The topological polar surface area (TPSA) is 53.2 Å². The minimum absolute atomic E-state index is 0.357. The summed E-state index contributed by atoms with van der Waals surface area (Å²) in [6, 6.07) is 12.9. The lowest BCUT2D eigenvalue weighted by Gasteiger charge is -2.26. The molecular formula is C21H21ClN2O2S. The average molecular weight is 401 g/mol. The number of nitrogens with zero attached hydrogens (tertiary/aromatic N) is 1. The number of fused-ring (bicyclic) bond motifs is 1. The van der Waals surface area contributed by atoms with Crippen LogP contribution in [-0.2, 0) is 16.4 Å². The van der Waals surface area contributed by atoms with Crippen LogP contribution in [0.4, 0.5) is 0 Å². The number of halogens is 1. The maximum Gasteiger partial charge on any atom is 0.243 e. The van der Waals surface area contributed by atoms with Gasteiger partial charge in [-0.3, -0.25) is 0 Å². The van der Waals surface area contributed by atoms with Crippen LogP contribution in [0.2, 0.25) is 5.02 Å². The third-order valence-electron chi connectivity index (χ3n) is 5.13. The molecule has 4 rings (SSSR count). The third-order valence-corrected chi connectivity index (χ3v) is 7.25. The molecule has 0 atom stereocenters. The first kappa shape index (κ1) is 18.3. The monoisotopic (exact) mass is 400 g/mol. The van der Waals surface area contributed by atoms with E-state index in [0.29, 0.717) is 29.4 Å². The normalized spacial score (nSPS) is 15.9. The van der Waals surface area contributed by atoms with Gasteiger partial charge < -0.3 is 4.98 Å². The van der Waals surface area contributed by atoms with Crippen molar-refractivity contribution in [2.75, 3.05) is 13.1 Å². The molecule has 2 aromatic carbocycles. The van der Waals surface area contributed by atoms with E-state index in [-0.39, 0.29) is 0 Å². The Morgan fingerprint density at radius 3 is 2.59 bits per heavy atom. The zero-order chi connectivity index (χ0) is 19.0. The molecule has 4 nitrogen and oxygen atoms in total. The number of hydrogen-bond donors (Lipinski definition) is 1. The molecule has 0 unspecified atom stereocenters.